The zero-order valence-electron chi connectivity index (χ0n) is 9.62. The van der Waals surface area contributed by atoms with Crippen LogP contribution in [0.1, 0.15) is 31.8 Å². The van der Waals surface area contributed by atoms with E-state index in [9.17, 15) is 19.0 Å². The van der Waals surface area contributed by atoms with E-state index in [1.807, 2.05) is 0 Å². The molecule has 3 rings (SSSR count). The Balaban J connectivity index is 2.36. The fourth-order valence-corrected chi connectivity index (χ4v) is 2.89. The zero-order chi connectivity index (χ0) is 13.6. The maximum atomic E-state index is 12.4. The number of carbonyl (C=O) groups is 2. The molecule has 1 atom stereocenters. The Morgan fingerprint density at radius 1 is 0.789 bits per heavy atom. The van der Waals surface area contributed by atoms with Crippen molar-refractivity contribution in [3.05, 3.63) is 64.7 Å². The lowest BCUT2D eigenvalue weighted by Crippen LogP contribution is -2.27. The first-order valence-corrected chi connectivity index (χ1v) is 6.75. The zero-order valence-corrected chi connectivity index (χ0v) is 10.5. The number of benzene rings is 2. The van der Waals surface area contributed by atoms with Crippen molar-refractivity contribution in [3.63, 3.8) is 0 Å². The number of fused-ring (bicyclic) bond motifs is 2. The highest BCUT2D eigenvalue weighted by atomic mass is 31.1. The maximum absolute atomic E-state index is 12.4. The molecular formula is C14H7O4P. The first-order valence-electron chi connectivity index (χ1n) is 5.57. The molecule has 0 heterocycles. The van der Waals surface area contributed by atoms with Crippen LogP contribution in [0.5, 0.6) is 0 Å². The monoisotopic (exact) mass is 270 g/mol. The summed E-state index contributed by atoms with van der Waals surface area (Å²) in [7, 11) is -2.92. The van der Waals surface area contributed by atoms with Crippen LogP contribution in [0.15, 0.2) is 42.5 Å². The van der Waals surface area contributed by atoms with Gasteiger partial charge in [0, 0.05) is 16.7 Å². The van der Waals surface area contributed by atoms with Gasteiger partial charge in [0.15, 0.2) is 16.9 Å². The molecule has 1 aliphatic carbocycles. The van der Waals surface area contributed by atoms with Crippen molar-refractivity contribution in [1.29, 1.82) is 0 Å². The maximum Gasteiger partial charge on any atom is 0.349 e. The lowest BCUT2D eigenvalue weighted by molar-refractivity contribution is -0.160. The molecule has 0 aliphatic heterocycles. The molecule has 19 heavy (non-hydrogen) atoms. The highest BCUT2D eigenvalue weighted by molar-refractivity contribution is 7.46. The predicted octanol–water partition coefficient (Wildman–Crippen LogP) is 1.19. The third-order valence-electron chi connectivity index (χ3n) is 3.13. The van der Waals surface area contributed by atoms with Crippen molar-refractivity contribution < 1.29 is 19.0 Å². The normalized spacial score (nSPS) is 13.8. The molecule has 0 amide bonds. The van der Waals surface area contributed by atoms with Gasteiger partial charge in [-0.25, -0.2) is 0 Å². The second-order valence-corrected chi connectivity index (χ2v) is 5.16. The molecule has 92 valence electrons. The smallest absolute Gasteiger partial charge is 0.349 e. The van der Waals surface area contributed by atoms with Crippen LogP contribution in [0.4, 0.5) is 0 Å². The van der Waals surface area contributed by atoms with Crippen LogP contribution >= 0.6 is 8.03 Å². The summed E-state index contributed by atoms with van der Waals surface area (Å²) in [5.41, 5.74) is 0.713. The minimum Gasteiger partial charge on any atom is -0.591 e. The average Bonchev–Trinajstić information content (AvgIpc) is 2.44. The Labute approximate surface area is 109 Å². The van der Waals surface area contributed by atoms with E-state index in [4.69, 9.17) is 0 Å². The molecule has 0 aromatic heterocycles. The second-order valence-electron chi connectivity index (χ2n) is 4.16. The molecule has 2 aromatic rings. The Morgan fingerprint density at radius 3 is 2.00 bits per heavy atom. The molecule has 0 N–H and O–H groups in total. The number of carbonyl (C=O) groups excluding carboxylic acids is 2. The van der Waals surface area contributed by atoms with Crippen molar-refractivity contribution in [1.82, 2.24) is 0 Å². The molecule has 5 heteroatoms. The summed E-state index contributed by atoms with van der Waals surface area (Å²) in [5.74, 6) is -0.732. The minimum atomic E-state index is -2.92. The van der Waals surface area contributed by atoms with Crippen LogP contribution in [0.25, 0.3) is 0 Å². The summed E-state index contributed by atoms with van der Waals surface area (Å²) >= 11 is 0. The topological polar surface area (TPSA) is 74.3 Å². The molecule has 1 aliphatic rings. The highest BCUT2D eigenvalue weighted by Crippen LogP contribution is 2.28. The van der Waals surface area contributed by atoms with Crippen molar-refractivity contribution in [2.24, 2.45) is 0 Å². The molecule has 0 radical (unpaired) electrons. The summed E-state index contributed by atoms with van der Waals surface area (Å²) in [6.45, 7) is 0. The number of ketones is 2. The van der Waals surface area contributed by atoms with E-state index in [2.05, 4.69) is 0 Å². The van der Waals surface area contributed by atoms with Gasteiger partial charge in [-0.15, -0.1) is 0 Å². The van der Waals surface area contributed by atoms with Gasteiger partial charge in [-0.1, -0.05) is 34.9 Å². The van der Waals surface area contributed by atoms with Crippen molar-refractivity contribution in [3.8, 4) is 0 Å². The lowest BCUT2D eigenvalue weighted by Gasteiger charge is -2.17. The molecule has 0 saturated heterocycles. The van der Waals surface area contributed by atoms with Crippen LogP contribution in [0.3, 0.4) is 0 Å². The lowest BCUT2D eigenvalue weighted by atomic mass is 9.84. The molecule has 0 saturated carbocycles. The molecule has 0 fully saturated rings. The van der Waals surface area contributed by atoms with Crippen LogP contribution < -0.4 is 10.2 Å². The molecular weight excluding hydrogens is 263 g/mol. The van der Waals surface area contributed by atoms with Crippen LogP contribution in [-0.4, -0.2) is 11.6 Å². The van der Waals surface area contributed by atoms with Crippen molar-refractivity contribution in [2.45, 2.75) is 0 Å². The molecule has 4 nitrogen and oxygen atoms in total. The summed E-state index contributed by atoms with van der Waals surface area (Å²) in [5, 5.41) is -0.0969. The van der Waals surface area contributed by atoms with E-state index in [0.717, 1.165) is 0 Å². The molecule has 2 aromatic carbocycles. The van der Waals surface area contributed by atoms with Gasteiger partial charge in [-0.2, -0.15) is 0 Å². The fraction of sp³-hybridized carbons (Fsp3) is 0. The molecule has 0 bridgehead atoms. The summed E-state index contributed by atoms with van der Waals surface area (Å²) < 4.78 is 11.2. The predicted molar refractivity (Wildman–Crippen MR) is 67.0 cm³/mol. The largest absolute Gasteiger partial charge is 0.591 e. The van der Waals surface area contributed by atoms with E-state index >= 15 is 0 Å². The summed E-state index contributed by atoms with van der Waals surface area (Å²) in [6, 6.07) is 10.7. The quantitative estimate of drug-likeness (QED) is 0.622. The van der Waals surface area contributed by atoms with E-state index < -0.39 is 13.8 Å². The number of hydrogen-bond donors (Lipinski definition) is 0. The van der Waals surface area contributed by atoms with Gasteiger partial charge >= 0.3 is 8.03 Å². The van der Waals surface area contributed by atoms with Gasteiger partial charge in [-0.05, 0) is 12.1 Å². The Morgan fingerprint density at radius 2 is 1.37 bits per heavy atom. The summed E-state index contributed by atoms with van der Waals surface area (Å²) in [6.07, 6.45) is 0. The van der Waals surface area contributed by atoms with Crippen molar-refractivity contribution >= 4 is 24.9 Å². The molecule has 0 spiro atoms. The van der Waals surface area contributed by atoms with Gasteiger partial charge in [0.05, 0.1) is 5.56 Å². The van der Waals surface area contributed by atoms with Crippen LogP contribution in [0.2, 0.25) is 0 Å². The third kappa shape index (κ3) is 1.65. The van der Waals surface area contributed by atoms with Crippen molar-refractivity contribution in [2.75, 3.05) is 0 Å². The fourth-order valence-electron chi connectivity index (χ4n) is 2.28. The first-order chi connectivity index (χ1) is 9.11. The first kappa shape index (κ1) is 11.9. The van der Waals surface area contributed by atoms with Crippen LogP contribution in [0, 0.1) is 0 Å². The standard InChI is InChI=1S/C14H7O4P/c15-13-8-4-1-2-5-9(8)14(16)12-10(13)6-3-7-11(12)19(17)18/h1-7H. The Bertz CT molecular complexity index is 749. The number of rotatable bonds is 1. The van der Waals surface area contributed by atoms with Gasteiger partial charge in [0.2, 0.25) is 0 Å². The van der Waals surface area contributed by atoms with Gasteiger partial charge < -0.3 is 4.89 Å². The minimum absolute atomic E-state index is 0.0117. The Hall–Kier alpha value is -2.16. The SMILES string of the molecule is O=C1c2ccccc2C(=O)c2c1cccc2[P+](=O)[O-]. The van der Waals surface area contributed by atoms with E-state index in [0.29, 0.717) is 5.56 Å². The van der Waals surface area contributed by atoms with Crippen LogP contribution in [-0.2, 0) is 4.57 Å². The Kier molecular flexibility index (Phi) is 2.63. The average molecular weight is 270 g/mol. The second kappa shape index (κ2) is 4.19. The molecule has 1 unspecified atom stereocenters. The summed E-state index contributed by atoms with van der Waals surface area (Å²) in [4.78, 5) is 35.8. The van der Waals surface area contributed by atoms with Gasteiger partial charge in [-0.3, -0.25) is 9.59 Å². The number of hydrogen-bond acceptors (Lipinski definition) is 4. The van der Waals surface area contributed by atoms with E-state index in [1.54, 1.807) is 18.2 Å². The highest BCUT2D eigenvalue weighted by Gasteiger charge is 2.34. The van der Waals surface area contributed by atoms with Gasteiger partial charge in [0.25, 0.3) is 0 Å². The third-order valence-corrected chi connectivity index (χ3v) is 3.89. The van der Waals surface area contributed by atoms with E-state index in [1.165, 1.54) is 24.3 Å². The van der Waals surface area contributed by atoms with E-state index in [-0.39, 0.29) is 27.8 Å². The van der Waals surface area contributed by atoms with Gasteiger partial charge in [0.1, 0.15) is 0 Å².